The molecule has 1 N–H and O–H groups in total. The minimum absolute atomic E-state index is 0.558. The van der Waals surface area contributed by atoms with Crippen LogP contribution < -0.4 is 0 Å². The molecule has 0 saturated heterocycles. The van der Waals surface area contributed by atoms with E-state index in [-0.39, 0.29) is 0 Å². The van der Waals surface area contributed by atoms with Gasteiger partial charge in [0.25, 0.3) is 0 Å². The largest absolute Gasteiger partial charge is 0.390 e. The maximum absolute atomic E-state index is 9.72. The van der Waals surface area contributed by atoms with Gasteiger partial charge in [-0.1, -0.05) is 25.0 Å². The lowest BCUT2D eigenvalue weighted by molar-refractivity contribution is 0.0714. The number of benzene rings is 1. The summed E-state index contributed by atoms with van der Waals surface area (Å²) in [6.07, 6.45) is 7.35. The molecular weight excluding hydrogens is 240 g/mol. The van der Waals surface area contributed by atoms with Crippen LogP contribution in [-0.4, -0.2) is 16.0 Å². The molecule has 1 aliphatic rings. The second-order valence-corrected chi connectivity index (χ2v) is 7.35. The molecule has 1 saturated carbocycles. The van der Waals surface area contributed by atoms with Gasteiger partial charge in [0.05, 0.1) is 5.60 Å². The van der Waals surface area contributed by atoms with Crippen LogP contribution in [0, 0.1) is 0 Å². The maximum atomic E-state index is 9.72. The van der Waals surface area contributed by atoms with E-state index in [1.807, 2.05) is 25.6 Å². The maximum Gasteiger partial charge on any atom is 0.0594 e. The molecule has 0 amide bonds. The van der Waals surface area contributed by atoms with Crippen molar-refractivity contribution in [2.24, 2.45) is 0 Å². The third kappa shape index (κ3) is 4.66. The molecule has 1 nitrogen and oxygen atoms in total. The van der Waals surface area contributed by atoms with E-state index in [2.05, 4.69) is 24.3 Å². The Morgan fingerprint density at radius 1 is 1.17 bits per heavy atom. The molecule has 1 aromatic rings. The van der Waals surface area contributed by atoms with Crippen molar-refractivity contribution in [3.63, 3.8) is 0 Å². The predicted octanol–water partition coefficient (Wildman–Crippen LogP) is 4.42. The molecule has 0 bridgehead atoms. The Morgan fingerprint density at radius 3 is 2.33 bits per heavy atom. The molecule has 0 atom stereocenters. The van der Waals surface area contributed by atoms with Crippen LogP contribution in [0.2, 0.25) is 0 Å². The lowest BCUT2D eigenvalue weighted by Crippen LogP contribution is -2.19. The molecule has 0 heterocycles. The SMILES string of the molecule is CC(C)(O)CCc1ccc(SC2CCCC2)cc1. The molecule has 1 aromatic carbocycles. The van der Waals surface area contributed by atoms with Crippen molar-refractivity contribution in [2.45, 2.75) is 68.1 Å². The summed E-state index contributed by atoms with van der Waals surface area (Å²) >= 11 is 2.03. The van der Waals surface area contributed by atoms with E-state index < -0.39 is 5.60 Å². The normalized spacial score (nSPS) is 17.3. The van der Waals surface area contributed by atoms with Gasteiger partial charge in [-0.25, -0.2) is 0 Å². The summed E-state index contributed by atoms with van der Waals surface area (Å²) in [6, 6.07) is 8.90. The Balaban J connectivity index is 1.85. The Morgan fingerprint density at radius 2 is 1.78 bits per heavy atom. The van der Waals surface area contributed by atoms with Gasteiger partial charge in [-0.3, -0.25) is 0 Å². The fourth-order valence-electron chi connectivity index (χ4n) is 2.38. The van der Waals surface area contributed by atoms with Crippen molar-refractivity contribution in [3.8, 4) is 0 Å². The third-order valence-electron chi connectivity index (χ3n) is 3.55. The molecule has 0 spiro atoms. The minimum Gasteiger partial charge on any atom is -0.390 e. The summed E-state index contributed by atoms with van der Waals surface area (Å²) in [4.78, 5) is 1.40. The quantitative estimate of drug-likeness (QED) is 0.849. The number of thioether (sulfide) groups is 1. The molecule has 1 fully saturated rings. The Labute approximate surface area is 115 Å². The van der Waals surface area contributed by atoms with E-state index in [4.69, 9.17) is 0 Å². The minimum atomic E-state index is -0.558. The van der Waals surface area contributed by atoms with Gasteiger partial charge in [-0.2, -0.15) is 0 Å². The number of rotatable bonds is 5. The second-order valence-electron chi connectivity index (χ2n) is 5.98. The van der Waals surface area contributed by atoms with Crippen molar-refractivity contribution in [1.82, 2.24) is 0 Å². The average molecular weight is 264 g/mol. The van der Waals surface area contributed by atoms with Crippen molar-refractivity contribution in [1.29, 1.82) is 0 Å². The zero-order valence-corrected chi connectivity index (χ0v) is 12.3. The number of aryl methyl sites for hydroxylation is 1. The topological polar surface area (TPSA) is 20.2 Å². The summed E-state index contributed by atoms with van der Waals surface area (Å²) in [7, 11) is 0. The van der Waals surface area contributed by atoms with Gasteiger partial charge in [-0.05, 0) is 57.2 Å². The highest BCUT2D eigenvalue weighted by atomic mass is 32.2. The first-order valence-electron chi connectivity index (χ1n) is 7.01. The summed E-state index contributed by atoms with van der Waals surface area (Å²) in [5.41, 5.74) is 0.768. The molecule has 0 aromatic heterocycles. The van der Waals surface area contributed by atoms with E-state index in [0.717, 1.165) is 18.1 Å². The third-order valence-corrected chi connectivity index (χ3v) is 4.90. The van der Waals surface area contributed by atoms with Gasteiger partial charge < -0.3 is 5.11 Å². The molecule has 2 heteroatoms. The van der Waals surface area contributed by atoms with Gasteiger partial charge in [0.1, 0.15) is 0 Å². The highest BCUT2D eigenvalue weighted by Gasteiger charge is 2.16. The first kappa shape index (κ1) is 14.0. The fraction of sp³-hybridized carbons (Fsp3) is 0.625. The van der Waals surface area contributed by atoms with E-state index in [1.54, 1.807) is 0 Å². The van der Waals surface area contributed by atoms with Gasteiger partial charge in [0, 0.05) is 10.1 Å². The molecule has 1 aliphatic carbocycles. The van der Waals surface area contributed by atoms with Crippen LogP contribution >= 0.6 is 11.8 Å². The highest BCUT2D eigenvalue weighted by molar-refractivity contribution is 8.00. The highest BCUT2D eigenvalue weighted by Crippen LogP contribution is 2.34. The van der Waals surface area contributed by atoms with E-state index >= 15 is 0 Å². The molecule has 18 heavy (non-hydrogen) atoms. The number of hydrogen-bond acceptors (Lipinski definition) is 2. The average Bonchev–Trinajstić information content (AvgIpc) is 2.80. The van der Waals surface area contributed by atoms with E-state index in [1.165, 1.54) is 36.1 Å². The lowest BCUT2D eigenvalue weighted by atomic mass is 9.99. The van der Waals surface area contributed by atoms with Crippen molar-refractivity contribution in [2.75, 3.05) is 0 Å². The van der Waals surface area contributed by atoms with Crippen molar-refractivity contribution >= 4 is 11.8 Å². The predicted molar refractivity (Wildman–Crippen MR) is 79.2 cm³/mol. The van der Waals surface area contributed by atoms with Crippen LogP contribution in [0.3, 0.4) is 0 Å². The van der Waals surface area contributed by atoms with Crippen LogP contribution in [-0.2, 0) is 6.42 Å². The first-order chi connectivity index (χ1) is 8.53. The molecule has 2 rings (SSSR count). The Hall–Kier alpha value is -0.470. The summed E-state index contributed by atoms with van der Waals surface area (Å²) in [6.45, 7) is 3.74. The zero-order chi connectivity index (χ0) is 13.0. The molecule has 0 aliphatic heterocycles. The van der Waals surface area contributed by atoms with Gasteiger partial charge in [0.2, 0.25) is 0 Å². The molecular formula is C16H24OS. The summed E-state index contributed by atoms with van der Waals surface area (Å²) in [5, 5.41) is 10.6. The van der Waals surface area contributed by atoms with E-state index in [0.29, 0.717) is 0 Å². The van der Waals surface area contributed by atoms with Gasteiger partial charge in [-0.15, -0.1) is 11.8 Å². The zero-order valence-electron chi connectivity index (χ0n) is 11.5. The van der Waals surface area contributed by atoms with Crippen LogP contribution in [0.5, 0.6) is 0 Å². The second kappa shape index (κ2) is 6.12. The van der Waals surface area contributed by atoms with Crippen LogP contribution in [0.25, 0.3) is 0 Å². The smallest absolute Gasteiger partial charge is 0.0594 e. The van der Waals surface area contributed by atoms with Crippen LogP contribution in [0.1, 0.15) is 51.5 Å². The Bertz CT molecular complexity index is 358. The molecule has 0 radical (unpaired) electrons. The standard InChI is InChI=1S/C16H24OS/c1-16(2,17)12-11-13-7-9-15(10-8-13)18-14-5-3-4-6-14/h7-10,14,17H,3-6,11-12H2,1-2H3. The van der Waals surface area contributed by atoms with Gasteiger partial charge in [0.15, 0.2) is 0 Å². The van der Waals surface area contributed by atoms with Crippen LogP contribution in [0.15, 0.2) is 29.2 Å². The van der Waals surface area contributed by atoms with Crippen molar-refractivity contribution in [3.05, 3.63) is 29.8 Å². The first-order valence-corrected chi connectivity index (χ1v) is 7.89. The van der Waals surface area contributed by atoms with Gasteiger partial charge >= 0.3 is 0 Å². The van der Waals surface area contributed by atoms with Crippen molar-refractivity contribution < 1.29 is 5.11 Å². The summed E-state index contributed by atoms with van der Waals surface area (Å²) in [5.74, 6) is 0. The van der Waals surface area contributed by atoms with Crippen LogP contribution in [0.4, 0.5) is 0 Å². The summed E-state index contributed by atoms with van der Waals surface area (Å²) < 4.78 is 0. The monoisotopic (exact) mass is 264 g/mol. The Kier molecular flexibility index (Phi) is 4.74. The number of aliphatic hydroxyl groups is 1. The van der Waals surface area contributed by atoms with E-state index in [9.17, 15) is 5.11 Å². The molecule has 100 valence electrons. The number of hydrogen-bond donors (Lipinski definition) is 1. The lowest BCUT2D eigenvalue weighted by Gasteiger charge is -2.16. The fourth-order valence-corrected chi connectivity index (χ4v) is 3.63. The molecule has 0 unspecified atom stereocenters.